The predicted molar refractivity (Wildman–Crippen MR) is 93.4 cm³/mol. The molecule has 0 radical (unpaired) electrons. The SMILES string of the molecule is CCOC1CC(N)(C(=O)N(C)Cc2cc3ccccc3o2)C1(C)C. The highest BCUT2D eigenvalue weighted by molar-refractivity contribution is 5.88. The van der Waals surface area contributed by atoms with Crippen molar-refractivity contribution in [3.05, 3.63) is 36.1 Å². The van der Waals surface area contributed by atoms with Crippen molar-refractivity contribution in [2.24, 2.45) is 11.1 Å². The van der Waals surface area contributed by atoms with E-state index in [0.717, 1.165) is 16.7 Å². The van der Waals surface area contributed by atoms with Gasteiger partial charge < -0.3 is 19.8 Å². The molecule has 2 N–H and O–H groups in total. The average Bonchev–Trinajstić information content (AvgIpc) is 2.95. The topological polar surface area (TPSA) is 68.7 Å². The molecule has 1 heterocycles. The maximum Gasteiger partial charge on any atom is 0.243 e. The summed E-state index contributed by atoms with van der Waals surface area (Å²) in [6.45, 7) is 7.00. The third kappa shape index (κ3) is 2.52. The molecule has 5 nitrogen and oxygen atoms in total. The fourth-order valence-corrected chi connectivity index (χ4v) is 3.56. The van der Waals surface area contributed by atoms with Crippen LogP contribution in [0.4, 0.5) is 0 Å². The lowest BCUT2D eigenvalue weighted by atomic mass is 9.54. The largest absolute Gasteiger partial charge is 0.459 e. The molecule has 1 saturated carbocycles. The number of furan rings is 1. The normalized spacial score (nSPS) is 25.5. The van der Waals surface area contributed by atoms with Crippen LogP contribution in [-0.2, 0) is 16.1 Å². The monoisotopic (exact) mass is 330 g/mol. The fraction of sp³-hybridized carbons (Fsp3) is 0.526. The van der Waals surface area contributed by atoms with Crippen molar-refractivity contribution >= 4 is 16.9 Å². The molecule has 2 atom stereocenters. The molecular formula is C19H26N2O3. The fourth-order valence-electron chi connectivity index (χ4n) is 3.56. The summed E-state index contributed by atoms with van der Waals surface area (Å²) in [7, 11) is 1.77. The zero-order valence-corrected chi connectivity index (χ0v) is 14.8. The van der Waals surface area contributed by atoms with Gasteiger partial charge in [-0.05, 0) is 19.1 Å². The van der Waals surface area contributed by atoms with Crippen LogP contribution in [-0.4, -0.2) is 36.1 Å². The minimum Gasteiger partial charge on any atom is -0.459 e. The zero-order chi connectivity index (χ0) is 17.5. The van der Waals surface area contributed by atoms with Gasteiger partial charge in [-0.25, -0.2) is 0 Å². The molecule has 1 amide bonds. The van der Waals surface area contributed by atoms with Crippen LogP contribution in [0.2, 0.25) is 0 Å². The van der Waals surface area contributed by atoms with E-state index < -0.39 is 5.54 Å². The van der Waals surface area contributed by atoms with Gasteiger partial charge in [-0.3, -0.25) is 4.79 Å². The van der Waals surface area contributed by atoms with Gasteiger partial charge in [-0.2, -0.15) is 0 Å². The standard InChI is InChI=1S/C19H26N2O3/c1-5-23-16-11-19(20,18(16,2)3)17(22)21(4)12-14-10-13-8-6-7-9-15(13)24-14/h6-10,16H,5,11-12,20H2,1-4H3. The van der Waals surface area contributed by atoms with Crippen molar-refractivity contribution in [1.82, 2.24) is 4.90 Å². The minimum atomic E-state index is -0.895. The van der Waals surface area contributed by atoms with Gasteiger partial charge in [-0.15, -0.1) is 0 Å². The van der Waals surface area contributed by atoms with E-state index in [9.17, 15) is 4.79 Å². The number of carbonyl (C=O) groups excluding carboxylic acids is 1. The molecule has 3 rings (SSSR count). The number of para-hydroxylation sites is 1. The van der Waals surface area contributed by atoms with Gasteiger partial charge in [0.2, 0.25) is 5.91 Å². The zero-order valence-electron chi connectivity index (χ0n) is 14.8. The number of likely N-dealkylation sites (N-methyl/N-ethyl adjacent to an activating group) is 1. The Morgan fingerprint density at radius 2 is 2.12 bits per heavy atom. The molecule has 1 aliphatic carbocycles. The van der Waals surface area contributed by atoms with Gasteiger partial charge in [0, 0.05) is 30.9 Å². The summed E-state index contributed by atoms with van der Waals surface area (Å²) in [6, 6.07) is 9.79. The molecule has 2 unspecified atom stereocenters. The van der Waals surface area contributed by atoms with Crippen LogP contribution in [0.25, 0.3) is 11.0 Å². The number of fused-ring (bicyclic) bond motifs is 1. The van der Waals surface area contributed by atoms with E-state index in [4.69, 9.17) is 14.9 Å². The summed E-state index contributed by atoms with van der Waals surface area (Å²) < 4.78 is 11.5. The predicted octanol–water partition coefficient (Wildman–Crippen LogP) is 2.92. The molecule has 1 aliphatic rings. The molecule has 1 aromatic heterocycles. The first-order valence-corrected chi connectivity index (χ1v) is 8.43. The number of rotatable bonds is 5. The lowest BCUT2D eigenvalue weighted by Crippen LogP contribution is -2.75. The molecule has 1 aromatic carbocycles. The van der Waals surface area contributed by atoms with E-state index in [0.29, 0.717) is 19.6 Å². The van der Waals surface area contributed by atoms with Crippen molar-refractivity contribution < 1.29 is 13.9 Å². The van der Waals surface area contributed by atoms with Crippen molar-refractivity contribution in [1.29, 1.82) is 0 Å². The molecular weight excluding hydrogens is 304 g/mol. The summed E-state index contributed by atoms with van der Waals surface area (Å²) in [5, 5.41) is 1.04. The number of ether oxygens (including phenoxy) is 1. The van der Waals surface area contributed by atoms with Crippen LogP contribution in [0, 0.1) is 5.41 Å². The Kier molecular flexibility index (Phi) is 4.18. The highest BCUT2D eigenvalue weighted by atomic mass is 16.5. The molecule has 1 fully saturated rings. The quantitative estimate of drug-likeness (QED) is 0.915. The van der Waals surface area contributed by atoms with Crippen molar-refractivity contribution in [2.75, 3.05) is 13.7 Å². The van der Waals surface area contributed by atoms with Crippen molar-refractivity contribution in [2.45, 2.75) is 45.4 Å². The van der Waals surface area contributed by atoms with Crippen LogP contribution in [0.15, 0.2) is 34.7 Å². The van der Waals surface area contributed by atoms with Gasteiger partial charge in [0.05, 0.1) is 12.6 Å². The molecule has 0 spiro atoms. The van der Waals surface area contributed by atoms with E-state index >= 15 is 0 Å². The number of nitrogens with zero attached hydrogens (tertiary/aromatic N) is 1. The van der Waals surface area contributed by atoms with E-state index in [-0.39, 0.29) is 17.4 Å². The first kappa shape index (κ1) is 17.0. The Labute approximate surface area is 142 Å². The molecule has 2 aromatic rings. The first-order valence-electron chi connectivity index (χ1n) is 8.43. The molecule has 130 valence electrons. The van der Waals surface area contributed by atoms with Crippen molar-refractivity contribution in [3.63, 3.8) is 0 Å². The number of hydrogen-bond donors (Lipinski definition) is 1. The Morgan fingerprint density at radius 3 is 2.75 bits per heavy atom. The first-order chi connectivity index (χ1) is 11.3. The Balaban J connectivity index is 1.73. The lowest BCUT2D eigenvalue weighted by Gasteiger charge is -2.58. The van der Waals surface area contributed by atoms with Gasteiger partial charge in [0.15, 0.2) is 0 Å². The summed E-state index contributed by atoms with van der Waals surface area (Å²) >= 11 is 0. The lowest BCUT2D eigenvalue weighted by molar-refractivity contribution is -0.178. The number of hydrogen-bond acceptors (Lipinski definition) is 4. The van der Waals surface area contributed by atoms with Gasteiger partial charge in [0.1, 0.15) is 16.9 Å². The maximum absolute atomic E-state index is 12.9. The number of benzene rings is 1. The molecule has 0 bridgehead atoms. The summed E-state index contributed by atoms with van der Waals surface area (Å²) in [5.74, 6) is 0.693. The van der Waals surface area contributed by atoms with E-state index in [1.165, 1.54) is 0 Å². The second kappa shape index (κ2) is 5.90. The Hall–Kier alpha value is -1.85. The second-order valence-corrected chi connectivity index (χ2v) is 7.25. The molecule has 5 heteroatoms. The van der Waals surface area contributed by atoms with E-state index in [1.807, 2.05) is 51.1 Å². The summed E-state index contributed by atoms with van der Waals surface area (Å²) in [5.41, 5.74) is 6.02. The van der Waals surface area contributed by atoms with Gasteiger partial charge >= 0.3 is 0 Å². The van der Waals surface area contributed by atoms with E-state index in [2.05, 4.69) is 0 Å². The summed E-state index contributed by atoms with van der Waals surface area (Å²) in [6.07, 6.45) is 0.577. The Morgan fingerprint density at radius 1 is 1.42 bits per heavy atom. The summed E-state index contributed by atoms with van der Waals surface area (Å²) in [4.78, 5) is 14.6. The molecule has 0 aliphatic heterocycles. The number of nitrogens with two attached hydrogens (primary N) is 1. The van der Waals surface area contributed by atoms with Crippen LogP contribution in [0.3, 0.4) is 0 Å². The smallest absolute Gasteiger partial charge is 0.243 e. The van der Waals surface area contributed by atoms with Crippen LogP contribution in [0.5, 0.6) is 0 Å². The molecule has 24 heavy (non-hydrogen) atoms. The van der Waals surface area contributed by atoms with Crippen LogP contribution < -0.4 is 5.73 Å². The van der Waals surface area contributed by atoms with Crippen LogP contribution >= 0.6 is 0 Å². The maximum atomic E-state index is 12.9. The van der Waals surface area contributed by atoms with Crippen molar-refractivity contribution in [3.8, 4) is 0 Å². The van der Waals surface area contributed by atoms with Crippen LogP contribution in [0.1, 0.15) is 33.0 Å². The molecule has 0 saturated heterocycles. The van der Waals surface area contributed by atoms with E-state index in [1.54, 1.807) is 11.9 Å². The minimum absolute atomic E-state index is 0.0241. The second-order valence-electron chi connectivity index (χ2n) is 7.25. The number of amides is 1. The Bertz CT molecular complexity index is 719. The van der Waals surface area contributed by atoms with Gasteiger partial charge in [0.25, 0.3) is 0 Å². The third-order valence-corrected chi connectivity index (χ3v) is 5.43. The number of carbonyl (C=O) groups is 1. The third-order valence-electron chi connectivity index (χ3n) is 5.43. The highest BCUT2D eigenvalue weighted by Crippen LogP contribution is 2.50. The van der Waals surface area contributed by atoms with Gasteiger partial charge in [-0.1, -0.05) is 32.0 Å². The average molecular weight is 330 g/mol. The highest BCUT2D eigenvalue weighted by Gasteiger charge is 2.63.